The van der Waals surface area contributed by atoms with Crippen molar-refractivity contribution >= 4 is 5.78 Å². The Morgan fingerprint density at radius 1 is 0.727 bits per heavy atom. The lowest BCUT2D eigenvalue weighted by Gasteiger charge is -2.75. The van der Waals surface area contributed by atoms with E-state index in [0.717, 1.165) is 18.3 Å². The van der Waals surface area contributed by atoms with E-state index < -0.39 is 0 Å². The summed E-state index contributed by atoms with van der Waals surface area (Å²) in [6.07, 6.45) is 13.1. The molecular formula is C31H52O2. The lowest BCUT2D eigenvalue weighted by molar-refractivity contribution is -0.260. The molecule has 0 amide bonds. The first kappa shape index (κ1) is 24.3. The van der Waals surface area contributed by atoms with Gasteiger partial charge in [0.1, 0.15) is 6.10 Å². The molecule has 0 N–H and O–H groups in total. The standard InChI is InChI=1S/C31H52O2/c1-20-25(32)21(33-9)18-23-28(20,5)11-10-22-29(23,6)15-17-31(8)24-19-26(2,3)12-13-27(24,4)14-16-30(22,31)7/h20-24H,10-19H2,1-9H3/t20-,21+,22-,23-,24+,27-,28-,29+,30-,31+/m1/s1. The van der Waals surface area contributed by atoms with Crippen molar-refractivity contribution < 1.29 is 9.53 Å². The van der Waals surface area contributed by atoms with Crippen molar-refractivity contribution in [3.63, 3.8) is 0 Å². The number of Topliss-reactive ketones (excluding diaryl/α,β-unsaturated/α-hetero) is 1. The molecule has 10 atom stereocenters. The molecule has 0 heterocycles. The lowest BCUT2D eigenvalue weighted by Crippen LogP contribution is -2.68. The van der Waals surface area contributed by atoms with Gasteiger partial charge in [0, 0.05) is 13.0 Å². The number of ketones is 1. The highest BCUT2D eigenvalue weighted by atomic mass is 16.5. The van der Waals surface area contributed by atoms with Crippen LogP contribution in [0.1, 0.15) is 120 Å². The summed E-state index contributed by atoms with van der Waals surface area (Å²) in [5.74, 6) is 2.70. The molecule has 0 aromatic rings. The van der Waals surface area contributed by atoms with Crippen LogP contribution in [-0.2, 0) is 9.53 Å². The Balaban J connectivity index is 1.55. The van der Waals surface area contributed by atoms with E-state index in [4.69, 9.17) is 4.74 Å². The second kappa shape index (κ2) is 7.10. The zero-order chi connectivity index (χ0) is 24.2. The summed E-state index contributed by atoms with van der Waals surface area (Å²) < 4.78 is 5.80. The largest absolute Gasteiger partial charge is 0.374 e. The first-order valence-electron chi connectivity index (χ1n) is 14.2. The van der Waals surface area contributed by atoms with Crippen molar-refractivity contribution in [2.75, 3.05) is 7.11 Å². The van der Waals surface area contributed by atoms with E-state index in [1.807, 2.05) is 0 Å². The SMILES string of the molecule is CO[C@H]1C[C@@H]2[C@](C)(CC[C@@H]3[C@]2(C)CC[C@@]2(C)[C@H]4CC(C)(C)CC[C@]4(C)CC[C@]32C)[C@H](C)C1=O. The van der Waals surface area contributed by atoms with Crippen LogP contribution in [0.15, 0.2) is 0 Å². The zero-order valence-corrected chi connectivity index (χ0v) is 23.3. The zero-order valence-electron chi connectivity index (χ0n) is 23.3. The second-order valence-corrected chi connectivity index (χ2v) is 15.6. The summed E-state index contributed by atoms with van der Waals surface area (Å²) in [6.45, 7) is 20.5. The predicted molar refractivity (Wildman–Crippen MR) is 136 cm³/mol. The minimum Gasteiger partial charge on any atom is -0.374 e. The summed E-state index contributed by atoms with van der Waals surface area (Å²) >= 11 is 0. The third-order valence-corrected chi connectivity index (χ3v) is 14.0. The van der Waals surface area contributed by atoms with Gasteiger partial charge in [0.2, 0.25) is 0 Å². The van der Waals surface area contributed by atoms with Gasteiger partial charge in [0.05, 0.1) is 0 Å². The number of fused-ring (bicyclic) bond motifs is 7. The third kappa shape index (κ3) is 2.97. The number of methoxy groups -OCH3 is 1. The van der Waals surface area contributed by atoms with Crippen LogP contribution in [0.25, 0.3) is 0 Å². The number of carbonyl (C=O) groups excluding carboxylic acids is 1. The molecule has 5 saturated carbocycles. The van der Waals surface area contributed by atoms with Gasteiger partial charge >= 0.3 is 0 Å². The molecule has 2 nitrogen and oxygen atoms in total. The summed E-state index contributed by atoms with van der Waals surface area (Å²) in [4.78, 5) is 13.2. The molecule has 5 aliphatic rings. The fourth-order valence-corrected chi connectivity index (χ4v) is 11.3. The van der Waals surface area contributed by atoms with Gasteiger partial charge in [0.15, 0.2) is 5.78 Å². The molecule has 0 aromatic carbocycles. The number of carbonyl (C=O) groups is 1. The van der Waals surface area contributed by atoms with Crippen LogP contribution in [-0.4, -0.2) is 19.0 Å². The van der Waals surface area contributed by atoms with Crippen LogP contribution in [0.3, 0.4) is 0 Å². The van der Waals surface area contributed by atoms with E-state index in [1.54, 1.807) is 7.11 Å². The number of ether oxygens (including phenoxy) is 1. The van der Waals surface area contributed by atoms with Gasteiger partial charge in [-0.3, -0.25) is 4.79 Å². The predicted octanol–water partition coefficient (Wildman–Crippen LogP) is 8.08. The van der Waals surface area contributed by atoms with E-state index in [9.17, 15) is 4.79 Å². The molecule has 0 aliphatic heterocycles. The van der Waals surface area contributed by atoms with Gasteiger partial charge in [-0.15, -0.1) is 0 Å². The van der Waals surface area contributed by atoms with Crippen LogP contribution < -0.4 is 0 Å². The van der Waals surface area contributed by atoms with Crippen molar-refractivity contribution in [2.45, 2.75) is 126 Å². The highest BCUT2D eigenvalue weighted by Gasteiger charge is 2.71. The smallest absolute Gasteiger partial charge is 0.164 e. The van der Waals surface area contributed by atoms with E-state index in [1.165, 1.54) is 57.8 Å². The Kier molecular flexibility index (Phi) is 5.24. The maximum atomic E-state index is 13.2. The van der Waals surface area contributed by atoms with E-state index in [-0.39, 0.29) is 17.4 Å². The molecule has 5 fully saturated rings. The lowest BCUT2D eigenvalue weighted by atomic mass is 9.30. The van der Waals surface area contributed by atoms with Crippen LogP contribution >= 0.6 is 0 Å². The highest BCUT2D eigenvalue weighted by Crippen LogP contribution is 2.78. The van der Waals surface area contributed by atoms with E-state index in [0.29, 0.717) is 38.8 Å². The van der Waals surface area contributed by atoms with Gasteiger partial charge in [-0.2, -0.15) is 0 Å². The van der Waals surface area contributed by atoms with Gasteiger partial charge in [-0.1, -0.05) is 55.4 Å². The van der Waals surface area contributed by atoms with Gasteiger partial charge in [0.25, 0.3) is 0 Å². The Bertz CT molecular complexity index is 831. The maximum absolute atomic E-state index is 13.2. The van der Waals surface area contributed by atoms with Crippen molar-refractivity contribution in [3.8, 4) is 0 Å². The van der Waals surface area contributed by atoms with Crippen LogP contribution in [0, 0.1) is 56.2 Å². The molecule has 5 aliphatic carbocycles. The number of hydrogen-bond donors (Lipinski definition) is 0. The van der Waals surface area contributed by atoms with Gasteiger partial charge in [-0.05, 0) is 114 Å². The average molecular weight is 457 g/mol. The number of rotatable bonds is 1. The first-order chi connectivity index (χ1) is 15.2. The first-order valence-corrected chi connectivity index (χ1v) is 14.2. The second-order valence-electron chi connectivity index (χ2n) is 15.6. The van der Waals surface area contributed by atoms with E-state index >= 15 is 0 Å². The molecule has 0 radical (unpaired) electrons. The monoisotopic (exact) mass is 456 g/mol. The Morgan fingerprint density at radius 3 is 2.00 bits per heavy atom. The van der Waals surface area contributed by atoms with Crippen molar-refractivity contribution in [3.05, 3.63) is 0 Å². The molecule has 0 aromatic heterocycles. The molecule has 5 rings (SSSR count). The van der Waals surface area contributed by atoms with Crippen LogP contribution in [0.5, 0.6) is 0 Å². The summed E-state index contributed by atoms with van der Waals surface area (Å²) in [5.41, 5.74) is 2.33. The van der Waals surface area contributed by atoms with Gasteiger partial charge < -0.3 is 4.74 Å². The highest BCUT2D eigenvalue weighted by molar-refractivity contribution is 5.87. The third-order valence-electron chi connectivity index (χ3n) is 14.0. The van der Waals surface area contributed by atoms with Gasteiger partial charge in [-0.25, -0.2) is 0 Å². The normalized spacial score (nSPS) is 58.0. The summed E-state index contributed by atoms with van der Waals surface area (Å²) in [7, 11) is 1.76. The summed E-state index contributed by atoms with van der Waals surface area (Å²) in [5, 5.41) is 0. The minimum atomic E-state index is -0.191. The summed E-state index contributed by atoms with van der Waals surface area (Å²) in [6, 6.07) is 0. The number of hydrogen-bond acceptors (Lipinski definition) is 2. The molecular weight excluding hydrogens is 404 g/mol. The van der Waals surface area contributed by atoms with Crippen LogP contribution in [0.2, 0.25) is 0 Å². The Labute approximate surface area is 204 Å². The van der Waals surface area contributed by atoms with Crippen molar-refractivity contribution in [2.24, 2.45) is 56.2 Å². The molecule has 33 heavy (non-hydrogen) atoms. The molecule has 188 valence electrons. The fourth-order valence-electron chi connectivity index (χ4n) is 11.3. The van der Waals surface area contributed by atoms with E-state index in [2.05, 4.69) is 55.4 Å². The Morgan fingerprint density at radius 2 is 1.33 bits per heavy atom. The fraction of sp³-hybridized carbons (Fsp3) is 0.968. The van der Waals surface area contributed by atoms with Crippen LogP contribution in [0.4, 0.5) is 0 Å². The molecule has 2 heteroatoms. The average Bonchev–Trinajstić information content (AvgIpc) is 2.75. The molecule has 0 saturated heterocycles. The maximum Gasteiger partial charge on any atom is 0.164 e. The Hall–Kier alpha value is -0.370. The molecule has 0 spiro atoms. The van der Waals surface area contributed by atoms with Crippen molar-refractivity contribution in [1.29, 1.82) is 0 Å². The quantitative estimate of drug-likeness (QED) is 0.398. The molecule has 0 unspecified atom stereocenters. The van der Waals surface area contributed by atoms with Crippen molar-refractivity contribution in [1.82, 2.24) is 0 Å². The topological polar surface area (TPSA) is 26.3 Å². The minimum absolute atomic E-state index is 0.119. The molecule has 0 bridgehead atoms.